The summed E-state index contributed by atoms with van der Waals surface area (Å²) in [6.07, 6.45) is 3.01. The Morgan fingerprint density at radius 2 is 2.15 bits per heavy atom. The van der Waals surface area contributed by atoms with Gasteiger partial charge in [0, 0.05) is 30.7 Å². The van der Waals surface area contributed by atoms with E-state index in [0.717, 1.165) is 61.3 Å². The topological polar surface area (TPSA) is 50.2 Å². The second kappa shape index (κ2) is 9.30. The van der Waals surface area contributed by atoms with Gasteiger partial charge in [-0.3, -0.25) is 14.3 Å². The first-order valence-electron chi connectivity index (χ1n) is 10.2. The minimum atomic E-state index is 0.0836. The molecular weight excluding hydrogens is 404 g/mol. The molecule has 0 aliphatic carbocycles. The van der Waals surface area contributed by atoms with Crippen molar-refractivity contribution in [2.75, 3.05) is 26.2 Å². The van der Waals surface area contributed by atoms with Gasteiger partial charge in [0.05, 0.1) is 16.9 Å². The third-order valence-corrected chi connectivity index (χ3v) is 5.80. The molecule has 0 spiro atoms. The van der Waals surface area contributed by atoms with E-state index in [9.17, 15) is 4.79 Å². The molecule has 2 atom stereocenters. The van der Waals surface area contributed by atoms with Crippen LogP contribution in [0.4, 0.5) is 0 Å². The van der Waals surface area contributed by atoms with Crippen molar-refractivity contribution in [1.82, 2.24) is 19.8 Å². The van der Waals surface area contributed by atoms with E-state index >= 15 is 0 Å². The van der Waals surface area contributed by atoms with Crippen LogP contribution < -0.4 is 10.9 Å². The van der Waals surface area contributed by atoms with Crippen molar-refractivity contribution in [2.45, 2.75) is 52.6 Å². The Bertz CT molecular complexity index is 835. The number of hydrogen-bond donors (Lipinski definition) is 1. The summed E-state index contributed by atoms with van der Waals surface area (Å²) in [6, 6.07) is 6.00. The largest absolute Gasteiger partial charge is 0.315 e. The molecule has 0 saturated carbocycles. The Morgan fingerprint density at radius 1 is 1.33 bits per heavy atom. The number of hydrogen-bond acceptors (Lipinski definition) is 4. The molecular formula is C21H31BrN4O. The van der Waals surface area contributed by atoms with Crippen molar-refractivity contribution in [1.29, 1.82) is 0 Å². The Morgan fingerprint density at radius 3 is 2.89 bits per heavy atom. The fourth-order valence-corrected chi connectivity index (χ4v) is 4.42. The summed E-state index contributed by atoms with van der Waals surface area (Å²) in [5.74, 6) is 1.53. The Hall–Kier alpha value is -1.24. The van der Waals surface area contributed by atoms with Crippen LogP contribution in [0, 0.1) is 5.92 Å². The third-order valence-electron chi connectivity index (χ3n) is 5.31. The summed E-state index contributed by atoms with van der Waals surface area (Å²) in [5.41, 5.74) is 0.882. The Kier molecular flexibility index (Phi) is 7.06. The van der Waals surface area contributed by atoms with Gasteiger partial charge >= 0.3 is 0 Å². The monoisotopic (exact) mass is 434 g/mol. The number of benzene rings is 1. The van der Waals surface area contributed by atoms with E-state index in [1.165, 1.54) is 0 Å². The minimum absolute atomic E-state index is 0.0836. The molecule has 1 N–H and O–H groups in total. The lowest BCUT2D eigenvalue weighted by Crippen LogP contribution is -2.38. The number of halogens is 1. The third kappa shape index (κ3) is 4.61. The zero-order valence-corrected chi connectivity index (χ0v) is 18.3. The Balaban J connectivity index is 2.13. The maximum absolute atomic E-state index is 13.3. The summed E-state index contributed by atoms with van der Waals surface area (Å²) in [7, 11) is 0. The van der Waals surface area contributed by atoms with E-state index in [-0.39, 0.29) is 11.6 Å². The predicted molar refractivity (Wildman–Crippen MR) is 115 cm³/mol. The molecule has 0 unspecified atom stereocenters. The first-order valence-corrected chi connectivity index (χ1v) is 11.0. The fourth-order valence-electron chi connectivity index (χ4n) is 4.06. The standard InChI is InChI=1S/C21H31BrN4O/c1-4-6-19(25-11-9-23-13-15(3)14-25)20-24-18-8-7-16(22)12-17(18)21(27)26(20)10-5-2/h7-8,12,15,19,23H,4-6,9-11,13-14H2,1-3H3/t15-,19-/m1/s1. The van der Waals surface area contributed by atoms with Crippen molar-refractivity contribution >= 4 is 26.8 Å². The van der Waals surface area contributed by atoms with Gasteiger partial charge in [0.2, 0.25) is 0 Å². The van der Waals surface area contributed by atoms with E-state index in [1.807, 2.05) is 22.8 Å². The molecule has 3 rings (SSSR count). The van der Waals surface area contributed by atoms with E-state index in [4.69, 9.17) is 4.98 Å². The van der Waals surface area contributed by atoms with Crippen LogP contribution in [-0.2, 0) is 6.54 Å². The lowest BCUT2D eigenvalue weighted by molar-refractivity contribution is 0.168. The predicted octanol–water partition coefficient (Wildman–Crippen LogP) is 3.95. The van der Waals surface area contributed by atoms with Crippen molar-refractivity contribution in [2.24, 2.45) is 5.92 Å². The minimum Gasteiger partial charge on any atom is -0.315 e. The molecule has 1 saturated heterocycles. The summed E-state index contributed by atoms with van der Waals surface area (Å²) in [6.45, 7) is 11.4. The summed E-state index contributed by atoms with van der Waals surface area (Å²) < 4.78 is 2.85. The normalized spacial score (nSPS) is 19.9. The first-order chi connectivity index (χ1) is 13.0. The molecule has 148 valence electrons. The average Bonchev–Trinajstić information content (AvgIpc) is 2.87. The van der Waals surface area contributed by atoms with Crippen molar-refractivity contribution in [3.8, 4) is 0 Å². The van der Waals surface area contributed by atoms with E-state index < -0.39 is 0 Å². The summed E-state index contributed by atoms with van der Waals surface area (Å²) >= 11 is 3.49. The molecule has 1 aromatic carbocycles. The lowest BCUT2D eigenvalue weighted by Gasteiger charge is -2.32. The van der Waals surface area contributed by atoms with Crippen molar-refractivity contribution < 1.29 is 0 Å². The molecule has 1 fully saturated rings. The number of nitrogens with zero attached hydrogens (tertiary/aromatic N) is 3. The van der Waals surface area contributed by atoms with Gasteiger partial charge < -0.3 is 5.32 Å². The Labute approximate surface area is 170 Å². The first kappa shape index (κ1) is 20.5. The van der Waals surface area contributed by atoms with Gasteiger partial charge in [-0.25, -0.2) is 4.98 Å². The second-order valence-electron chi connectivity index (χ2n) is 7.70. The number of nitrogens with one attached hydrogen (secondary N) is 1. The van der Waals surface area contributed by atoms with Gasteiger partial charge in [-0.1, -0.05) is 43.1 Å². The highest BCUT2D eigenvalue weighted by Gasteiger charge is 2.27. The van der Waals surface area contributed by atoms with Crippen molar-refractivity contribution in [3.05, 3.63) is 38.9 Å². The number of rotatable bonds is 6. The number of fused-ring (bicyclic) bond motifs is 1. The molecule has 6 heteroatoms. The van der Waals surface area contributed by atoms with E-state index in [2.05, 4.69) is 46.9 Å². The fraction of sp³-hybridized carbons (Fsp3) is 0.619. The molecule has 2 heterocycles. The SMILES string of the molecule is CCC[C@H](c1nc2ccc(Br)cc2c(=O)n1CCC)N1CCNC[C@@H](C)C1. The van der Waals surface area contributed by atoms with E-state index in [0.29, 0.717) is 17.8 Å². The summed E-state index contributed by atoms with van der Waals surface area (Å²) in [5, 5.41) is 4.22. The summed E-state index contributed by atoms with van der Waals surface area (Å²) in [4.78, 5) is 20.8. The molecule has 2 aromatic rings. The molecule has 5 nitrogen and oxygen atoms in total. The van der Waals surface area contributed by atoms with Crippen LogP contribution in [0.2, 0.25) is 0 Å². The van der Waals surface area contributed by atoms with Crippen LogP contribution >= 0.6 is 15.9 Å². The van der Waals surface area contributed by atoms with Gasteiger partial charge in [-0.15, -0.1) is 0 Å². The van der Waals surface area contributed by atoms with Gasteiger partial charge in [0.15, 0.2) is 0 Å². The molecule has 1 aliphatic heterocycles. The maximum atomic E-state index is 13.3. The molecule has 0 radical (unpaired) electrons. The van der Waals surface area contributed by atoms with Gasteiger partial charge in [0.25, 0.3) is 5.56 Å². The van der Waals surface area contributed by atoms with Crippen LogP contribution in [0.3, 0.4) is 0 Å². The highest BCUT2D eigenvalue weighted by Crippen LogP contribution is 2.27. The highest BCUT2D eigenvalue weighted by atomic mass is 79.9. The van der Waals surface area contributed by atoms with Crippen LogP contribution in [0.25, 0.3) is 10.9 Å². The van der Waals surface area contributed by atoms with Gasteiger partial charge in [-0.05, 0) is 43.5 Å². The second-order valence-corrected chi connectivity index (χ2v) is 8.61. The van der Waals surface area contributed by atoms with Crippen LogP contribution in [0.5, 0.6) is 0 Å². The maximum Gasteiger partial charge on any atom is 0.261 e. The lowest BCUT2D eigenvalue weighted by atomic mass is 10.1. The van der Waals surface area contributed by atoms with Crippen molar-refractivity contribution in [3.63, 3.8) is 0 Å². The van der Waals surface area contributed by atoms with Gasteiger partial charge in [0.1, 0.15) is 5.82 Å². The highest BCUT2D eigenvalue weighted by molar-refractivity contribution is 9.10. The van der Waals surface area contributed by atoms with Crippen LogP contribution in [0.15, 0.2) is 27.5 Å². The molecule has 0 bridgehead atoms. The van der Waals surface area contributed by atoms with Gasteiger partial charge in [-0.2, -0.15) is 0 Å². The molecule has 27 heavy (non-hydrogen) atoms. The van der Waals surface area contributed by atoms with E-state index in [1.54, 1.807) is 0 Å². The zero-order chi connectivity index (χ0) is 19.4. The number of aromatic nitrogens is 2. The molecule has 0 amide bonds. The quantitative estimate of drug-likeness (QED) is 0.747. The average molecular weight is 435 g/mol. The smallest absolute Gasteiger partial charge is 0.261 e. The zero-order valence-electron chi connectivity index (χ0n) is 16.7. The molecule has 1 aromatic heterocycles. The molecule has 1 aliphatic rings. The van der Waals surface area contributed by atoms with Crippen LogP contribution in [-0.4, -0.2) is 40.6 Å². The van der Waals surface area contributed by atoms with Crippen LogP contribution in [0.1, 0.15) is 51.9 Å².